The number of methoxy groups -OCH3 is 2. The number of rotatable bonds is 10. The third-order valence-corrected chi connectivity index (χ3v) is 5.22. The number of ether oxygens (including phenoxy) is 2. The van der Waals surface area contributed by atoms with E-state index in [1.165, 1.54) is 21.0 Å². The predicted molar refractivity (Wildman–Crippen MR) is 104 cm³/mol. The van der Waals surface area contributed by atoms with Crippen LogP contribution >= 0.6 is 0 Å². The molecule has 0 aliphatic heterocycles. The molecule has 0 bridgehead atoms. The highest BCUT2D eigenvalue weighted by Gasteiger charge is 2.22. The van der Waals surface area contributed by atoms with Gasteiger partial charge < -0.3 is 23.9 Å². The van der Waals surface area contributed by atoms with Crippen molar-refractivity contribution in [1.29, 1.82) is 0 Å². The summed E-state index contributed by atoms with van der Waals surface area (Å²) in [6, 6.07) is 4.72. The monoisotopic (exact) mass is 402 g/mol. The predicted octanol–water partition coefficient (Wildman–Crippen LogP) is 2.38. The quantitative estimate of drug-likeness (QED) is 0.604. The van der Waals surface area contributed by atoms with Gasteiger partial charge in [0.2, 0.25) is 0 Å². The maximum atomic E-state index is 12.4. The Morgan fingerprint density at radius 2 is 1.81 bits per heavy atom. The van der Waals surface area contributed by atoms with E-state index in [1.807, 2.05) is 13.8 Å². The van der Waals surface area contributed by atoms with Crippen molar-refractivity contribution in [3.63, 3.8) is 0 Å². The molecule has 27 heavy (non-hydrogen) atoms. The molecule has 0 saturated carbocycles. The van der Waals surface area contributed by atoms with E-state index in [9.17, 15) is 13.2 Å². The van der Waals surface area contributed by atoms with Crippen LogP contribution < -0.4 is 14.2 Å². The number of nitrogens with one attached hydrogen (secondary N) is 1. The summed E-state index contributed by atoms with van der Waals surface area (Å²) in [7, 11) is -0.769. The lowest BCUT2D eigenvalue weighted by Crippen LogP contribution is -2.43. The van der Waals surface area contributed by atoms with Gasteiger partial charge in [-0.2, -0.15) is 8.42 Å². The SMILES string of the molecule is COCCN(Cc1ccc(OC)c(OS(=O)(=O)C(C)C)c1)C(=O)NC(C)C. The van der Waals surface area contributed by atoms with Crippen molar-refractivity contribution in [2.75, 3.05) is 27.4 Å². The van der Waals surface area contributed by atoms with Crippen LogP contribution in [0.4, 0.5) is 4.79 Å². The van der Waals surface area contributed by atoms with Gasteiger partial charge in [-0.05, 0) is 45.4 Å². The second kappa shape index (κ2) is 10.4. The van der Waals surface area contributed by atoms with Crippen molar-refractivity contribution < 1.29 is 26.9 Å². The standard InChI is InChI=1S/C18H30N2O6S/c1-13(2)19-18(21)20(9-10-24-5)12-15-7-8-16(25-6)17(11-15)26-27(22,23)14(3)4/h7-8,11,13-14H,9-10,12H2,1-6H3,(H,19,21). The Balaban J connectivity index is 3.09. The molecule has 1 rings (SSSR count). The molecule has 0 spiro atoms. The number of carbonyl (C=O) groups excluding carboxylic acids is 1. The van der Waals surface area contributed by atoms with Gasteiger partial charge >= 0.3 is 16.1 Å². The number of urea groups is 1. The summed E-state index contributed by atoms with van der Waals surface area (Å²) in [5, 5.41) is 2.15. The highest BCUT2D eigenvalue weighted by atomic mass is 32.2. The number of benzene rings is 1. The summed E-state index contributed by atoms with van der Waals surface area (Å²) in [5.41, 5.74) is 0.708. The van der Waals surface area contributed by atoms with Crippen molar-refractivity contribution in [2.45, 2.75) is 45.5 Å². The van der Waals surface area contributed by atoms with E-state index in [-0.39, 0.29) is 24.4 Å². The highest BCUT2D eigenvalue weighted by molar-refractivity contribution is 7.87. The van der Waals surface area contributed by atoms with E-state index in [0.29, 0.717) is 24.5 Å². The fraction of sp³-hybridized carbons (Fsp3) is 0.611. The van der Waals surface area contributed by atoms with Gasteiger partial charge in [-0.1, -0.05) is 6.07 Å². The molecule has 0 aliphatic rings. The Labute approximate surface area is 161 Å². The van der Waals surface area contributed by atoms with E-state index < -0.39 is 15.4 Å². The topological polar surface area (TPSA) is 94.2 Å². The fourth-order valence-electron chi connectivity index (χ4n) is 2.12. The first-order valence-corrected chi connectivity index (χ1v) is 10.2. The maximum Gasteiger partial charge on any atom is 0.317 e. The average molecular weight is 403 g/mol. The molecule has 0 radical (unpaired) electrons. The minimum Gasteiger partial charge on any atom is -0.493 e. The van der Waals surface area contributed by atoms with E-state index in [2.05, 4.69) is 5.32 Å². The fourth-order valence-corrected chi connectivity index (χ4v) is 2.69. The van der Waals surface area contributed by atoms with Crippen molar-refractivity contribution in [1.82, 2.24) is 10.2 Å². The lowest BCUT2D eigenvalue weighted by atomic mass is 10.2. The zero-order chi connectivity index (χ0) is 20.6. The molecule has 0 unspecified atom stereocenters. The molecular weight excluding hydrogens is 372 g/mol. The summed E-state index contributed by atoms with van der Waals surface area (Å²) in [6.45, 7) is 7.87. The molecule has 0 heterocycles. The van der Waals surface area contributed by atoms with Crippen LogP contribution in [0, 0.1) is 0 Å². The van der Waals surface area contributed by atoms with Crippen LogP contribution in [0.15, 0.2) is 18.2 Å². The van der Waals surface area contributed by atoms with Crippen LogP contribution in [0.3, 0.4) is 0 Å². The number of hydrogen-bond donors (Lipinski definition) is 1. The first-order valence-electron chi connectivity index (χ1n) is 8.75. The zero-order valence-electron chi connectivity index (χ0n) is 16.8. The van der Waals surface area contributed by atoms with E-state index in [4.69, 9.17) is 13.7 Å². The van der Waals surface area contributed by atoms with Crippen LogP contribution in [-0.2, 0) is 21.4 Å². The Hall–Kier alpha value is -2.00. The molecule has 0 aromatic heterocycles. The molecule has 8 nitrogen and oxygen atoms in total. The van der Waals surface area contributed by atoms with Gasteiger partial charge in [-0.25, -0.2) is 4.79 Å². The molecule has 0 saturated heterocycles. The van der Waals surface area contributed by atoms with Crippen LogP contribution in [0.2, 0.25) is 0 Å². The summed E-state index contributed by atoms with van der Waals surface area (Å²) in [5.74, 6) is 0.401. The van der Waals surface area contributed by atoms with Crippen molar-refractivity contribution in [2.24, 2.45) is 0 Å². The van der Waals surface area contributed by atoms with Crippen molar-refractivity contribution in [3.05, 3.63) is 23.8 Å². The molecule has 2 amide bonds. The van der Waals surface area contributed by atoms with Crippen molar-refractivity contribution >= 4 is 16.1 Å². The van der Waals surface area contributed by atoms with E-state index >= 15 is 0 Å². The molecule has 0 aliphatic carbocycles. The number of amides is 2. The third kappa shape index (κ3) is 7.26. The van der Waals surface area contributed by atoms with Crippen molar-refractivity contribution in [3.8, 4) is 11.5 Å². The number of carbonyl (C=O) groups is 1. The Kier molecular flexibility index (Phi) is 8.84. The third-order valence-electron chi connectivity index (χ3n) is 3.65. The molecule has 1 aromatic rings. The minimum absolute atomic E-state index is 0.00603. The van der Waals surface area contributed by atoms with Gasteiger partial charge in [-0.15, -0.1) is 0 Å². The molecule has 1 N–H and O–H groups in total. The van der Waals surface area contributed by atoms with E-state index in [1.54, 1.807) is 30.2 Å². The first-order chi connectivity index (χ1) is 12.6. The molecule has 0 fully saturated rings. The minimum atomic E-state index is -3.77. The van der Waals surface area contributed by atoms with E-state index in [0.717, 1.165) is 0 Å². The molecule has 154 valence electrons. The molecule has 1 aromatic carbocycles. The second-order valence-corrected chi connectivity index (χ2v) is 8.72. The van der Waals surface area contributed by atoms with Gasteiger partial charge in [0.1, 0.15) is 0 Å². The van der Waals surface area contributed by atoms with Gasteiger partial charge in [0.15, 0.2) is 11.5 Å². The summed E-state index contributed by atoms with van der Waals surface area (Å²) in [4.78, 5) is 14.0. The normalized spacial score (nSPS) is 11.6. The summed E-state index contributed by atoms with van der Waals surface area (Å²) < 4.78 is 39.7. The molecule has 0 atom stereocenters. The second-order valence-electron chi connectivity index (χ2n) is 6.63. The Morgan fingerprint density at radius 1 is 1.15 bits per heavy atom. The van der Waals surface area contributed by atoms with Gasteiger partial charge in [-0.3, -0.25) is 0 Å². The van der Waals surface area contributed by atoms with Crippen LogP contribution in [0.25, 0.3) is 0 Å². The highest BCUT2D eigenvalue weighted by Crippen LogP contribution is 2.30. The number of hydrogen-bond acceptors (Lipinski definition) is 6. The van der Waals surface area contributed by atoms with Gasteiger partial charge in [0.25, 0.3) is 0 Å². The van der Waals surface area contributed by atoms with Crippen LogP contribution in [0.5, 0.6) is 11.5 Å². The lowest BCUT2D eigenvalue weighted by Gasteiger charge is -2.24. The van der Waals surface area contributed by atoms with Gasteiger partial charge in [0.05, 0.1) is 19.0 Å². The molecule has 9 heteroatoms. The smallest absolute Gasteiger partial charge is 0.317 e. The molecular formula is C18H30N2O6S. The largest absolute Gasteiger partial charge is 0.493 e. The summed E-state index contributed by atoms with van der Waals surface area (Å²) in [6.07, 6.45) is 0. The van der Waals surface area contributed by atoms with Crippen LogP contribution in [-0.4, -0.2) is 58.0 Å². The maximum absolute atomic E-state index is 12.4. The van der Waals surface area contributed by atoms with Gasteiger partial charge in [0, 0.05) is 26.2 Å². The number of nitrogens with zero attached hydrogens (tertiary/aromatic N) is 1. The Bertz CT molecular complexity index is 719. The first kappa shape index (κ1) is 23.0. The lowest BCUT2D eigenvalue weighted by molar-refractivity contribution is 0.145. The average Bonchev–Trinajstić information content (AvgIpc) is 2.57. The summed E-state index contributed by atoms with van der Waals surface area (Å²) >= 11 is 0. The zero-order valence-corrected chi connectivity index (χ0v) is 17.6. The van der Waals surface area contributed by atoms with Crippen LogP contribution in [0.1, 0.15) is 33.3 Å². The Morgan fingerprint density at radius 3 is 2.33 bits per heavy atom.